The van der Waals surface area contributed by atoms with Gasteiger partial charge in [0.1, 0.15) is 0 Å². The monoisotopic (exact) mass is 414 g/mol. The Balaban J connectivity index is 0.00000392. The van der Waals surface area contributed by atoms with Gasteiger partial charge in [-0.1, -0.05) is 36.4 Å². The summed E-state index contributed by atoms with van der Waals surface area (Å²) < 4.78 is 34.8. The number of alkyl halides is 2. The van der Waals surface area contributed by atoms with Crippen LogP contribution in [0.25, 0.3) is 0 Å². The van der Waals surface area contributed by atoms with Crippen LogP contribution in [0.4, 0.5) is 8.78 Å². The maximum absolute atomic E-state index is 12.5. The first-order valence-electron chi connectivity index (χ1n) is 8.65. The van der Waals surface area contributed by atoms with E-state index in [1.54, 1.807) is 31.0 Å². The molecule has 0 saturated carbocycles. The second-order valence-electron chi connectivity index (χ2n) is 6.06. The SMILES string of the molecule is CCOc1cc(CN(C)C(=O)CC(N)c2ccccc2)ccc1OC(F)F.Cl. The van der Waals surface area contributed by atoms with Crippen LogP contribution in [0.2, 0.25) is 0 Å². The Labute approximate surface area is 169 Å². The van der Waals surface area contributed by atoms with Crippen LogP contribution in [-0.4, -0.2) is 31.1 Å². The quantitative estimate of drug-likeness (QED) is 0.669. The van der Waals surface area contributed by atoms with E-state index < -0.39 is 6.61 Å². The van der Waals surface area contributed by atoms with E-state index in [9.17, 15) is 13.6 Å². The molecule has 2 N–H and O–H groups in total. The molecule has 0 aliphatic rings. The van der Waals surface area contributed by atoms with Crippen molar-refractivity contribution in [3.8, 4) is 11.5 Å². The number of rotatable bonds is 9. The van der Waals surface area contributed by atoms with Crippen LogP contribution in [0.3, 0.4) is 0 Å². The molecule has 0 fully saturated rings. The highest BCUT2D eigenvalue weighted by Crippen LogP contribution is 2.30. The number of carbonyl (C=O) groups excluding carboxylic acids is 1. The molecule has 2 aromatic rings. The number of hydrogen-bond donors (Lipinski definition) is 1. The molecule has 0 aliphatic heterocycles. The highest BCUT2D eigenvalue weighted by atomic mass is 35.5. The summed E-state index contributed by atoms with van der Waals surface area (Å²) in [4.78, 5) is 14.0. The lowest BCUT2D eigenvalue weighted by molar-refractivity contribution is -0.130. The van der Waals surface area contributed by atoms with Crippen LogP contribution in [0, 0.1) is 0 Å². The molecule has 0 heterocycles. The summed E-state index contributed by atoms with van der Waals surface area (Å²) in [5.41, 5.74) is 7.74. The molecule has 8 heteroatoms. The van der Waals surface area contributed by atoms with Gasteiger partial charge in [0.2, 0.25) is 5.91 Å². The predicted octanol–water partition coefficient (Wildman–Crippen LogP) is 4.16. The zero-order chi connectivity index (χ0) is 19.8. The molecule has 1 amide bonds. The minimum absolute atomic E-state index is 0. The number of nitrogens with zero attached hydrogens (tertiary/aromatic N) is 1. The Hall–Kier alpha value is -2.38. The van der Waals surface area contributed by atoms with E-state index in [1.807, 2.05) is 30.3 Å². The lowest BCUT2D eigenvalue weighted by atomic mass is 10.0. The molecule has 2 aromatic carbocycles. The Morgan fingerprint density at radius 3 is 2.43 bits per heavy atom. The van der Waals surface area contributed by atoms with Gasteiger partial charge in [-0.25, -0.2) is 0 Å². The van der Waals surface area contributed by atoms with Crippen molar-refractivity contribution in [2.45, 2.75) is 32.5 Å². The number of halogens is 3. The average Bonchev–Trinajstić information content (AvgIpc) is 2.64. The van der Waals surface area contributed by atoms with Crippen LogP contribution >= 0.6 is 12.4 Å². The van der Waals surface area contributed by atoms with Gasteiger partial charge in [-0.15, -0.1) is 12.4 Å². The highest BCUT2D eigenvalue weighted by Gasteiger charge is 2.17. The van der Waals surface area contributed by atoms with Crippen molar-refractivity contribution in [1.82, 2.24) is 4.90 Å². The van der Waals surface area contributed by atoms with Crippen LogP contribution in [-0.2, 0) is 11.3 Å². The molecule has 0 aliphatic carbocycles. The summed E-state index contributed by atoms with van der Waals surface area (Å²) in [6, 6.07) is 13.7. The number of benzene rings is 2. The fourth-order valence-corrected chi connectivity index (χ4v) is 2.64. The second kappa shape index (κ2) is 11.5. The minimum atomic E-state index is -2.93. The molecule has 1 atom stereocenters. The molecule has 0 radical (unpaired) electrons. The molecule has 2 rings (SSSR count). The Morgan fingerprint density at radius 2 is 1.82 bits per heavy atom. The van der Waals surface area contributed by atoms with Crippen molar-refractivity contribution < 1.29 is 23.0 Å². The third-order valence-corrected chi connectivity index (χ3v) is 3.99. The first-order chi connectivity index (χ1) is 12.9. The fourth-order valence-electron chi connectivity index (χ4n) is 2.64. The molecule has 0 spiro atoms. The minimum Gasteiger partial charge on any atom is -0.490 e. The first kappa shape index (κ1) is 23.7. The Kier molecular flexibility index (Phi) is 9.68. The van der Waals surface area contributed by atoms with Gasteiger partial charge in [0, 0.05) is 26.1 Å². The molecule has 0 bridgehead atoms. The summed E-state index contributed by atoms with van der Waals surface area (Å²) in [5, 5.41) is 0. The van der Waals surface area contributed by atoms with E-state index in [4.69, 9.17) is 10.5 Å². The maximum atomic E-state index is 12.5. The highest BCUT2D eigenvalue weighted by molar-refractivity contribution is 5.85. The molecule has 1 unspecified atom stereocenters. The largest absolute Gasteiger partial charge is 0.490 e. The number of hydrogen-bond acceptors (Lipinski definition) is 4. The van der Waals surface area contributed by atoms with Crippen LogP contribution < -0.4 is 15.2 Å². The van der Waals surface area contributed by atoms with Crippen LogP contribution in [0.15, 0.2) is 48.5 Å². The summed E-state index contributed by atoms with van der Waals surface area (Å²) >= 11 is 0. The molecule has 0 aromatic heterocycles. The van der Waals surface area contributed by atoms with Gasteiger partial charge < -0.3 is 20.1 Å². The van der Waals surface area contributed by atoms with Crippen molar-refractivity contribution in [2.75, 3.05) is 13.7 Å². The van der Waals surface area contributed by atoms with E-state index in [1.165, 1.54) is 6.07 Å². The molecule has 5 nitrogen and oxygen atoms in total. The standard InChI is InChI=1S/C20H24F2N2O3.ClH/c1-3-26-18-11-14(9-10-17(18)27-20(21)22)13-24(2)19(25)12-16(23)15-7-5-4-6-8-15;/h4-11,16,20H,3,12-13,23H2,1-2H3;1H. The Bertz CT molecular complexity index is 747. The predicted molar refractivity (Wildman–Crippen MR) is 106 cm³/mol. The van der Waals surface area contributed by atoms with Crippen molar-refractivity contribution in [3.63, 3.8) is 0 Å². The van der Waals surface area contributed by atoms with E-state index in [0.717, 1.165) is 11.1 Å². The Morgan fingerprint density at radius 1 is 1.14 bits per heavy atom. The van der Waals surface area contributed by atoms with Gasteiger partial charge in [-0.2, -0.15) is 8.78 Å². The summed E-state index contributed by atoms with van der Waals surface area (Å²) in [7, 11) is 1.67. The number of ether oxygens (including phenoxy) is 2. The second-order valence-corrected chi connectivity index (χ2v) is 6.06. The number of amides is 1. The van der Waals surface area contributed by atoms with Gasteiger partial charge in [0.25, 0.3) is 0 Å². The number of nitrogens with two attached hydrogens (primary N) is 1. The normalized spacial score (nSPS) is 11.5. The zero-order valence-electron chi connectivity index (χ0n) is 15.8. The average molecular weight is 415 g/mol. The van der Waals surface area contributed by atoms with E-state index in [0.29, 0.717) is 13.2 Å². The summed E-state index contributed by atoms with van der Waals surface area (Å²) in [6.45, 7) is -0.572. The van der Waals surface area contributed by atoms with Crippen molar-refractivity contribution >= 4 is 18.3 Å². The van der Waals surface area contributed by atoms with E-state index >= 15 is 0 Å². The fraction of sp³-hybridized carbons (Fsp3) is 0.350. The molecule has 0 saturated heterocycles. The molecular formula is C20H25ClF2N2O3. The van der Waals surface area contributed by atoms with Crippen molar-refractivity contribution in [2.24, 2.45) is 5.73 Å². The lowest BCUT2D eigenvalue weighted by Gasteiger charge is -2.21. The van der Waals surface area contributed by atoms with Crippen LogP contribution in [0.5, 0.6) is 11.5 Å². The van der Waals surface area contributed by atoms with Gasteiger partial charge in [0.15, 0.2) is 11.5 Å². The lowest BCUT2D eigenvalue weighted by Crippen LogP contribution is -2.29. The molecule has 154 valence electrons. The van der Waals surface area contributed by atoms with Crippen molar-refractivity contribution in [3.05, 3.63) is 59.7 Å². The van der Waals surface area contributed by atoms with E-state index in [2.05, 4.69) is 4.74 Å². The maximum Gasteiger partial charge on any atom is 0.387 e. The third kappa shape index (κ3) is 6.98. The van der Waals surface area contributed by atoms with Gasteiger partial charge >= 0.3 is 6.61 Å². The third-order valence-electron chi connectivity index (χ3n) is 3.99. The van der Waals surface area contributed by atoms with Crippen LogP contribution in [0.1, 0.15) is 30.5 Å². The number of carbonyl (C=O) groups is 1. The smallest absolute Gasteiger partial charge is 0.387 e. The van der Waals surface area contributed by atoms with Gasteiger partial charge in [-0.3, -0.25) is 4.79 Å². The molecular weight excluding hydrogens is 390 g/mol. The van der Waals surface area contributed by atoms with E-state index in [-0.39, 0.29) is 42.3 Å². The van der Waals surface area contributed by atoms with Gasteiger partial charge in [0.05, 0.1) is 6.61 Å². The topological polar surface area (TPSA) is 64.8 Å². The zero-order valence-corrected chi connectivity index (χ0v) is 16.6. The van der Waals surface area contributed by atoms with Gasteiger partial charge in [-0.05, 0) is 30.2 Å². The summed E-state index contributed by atoms with van der Waals surface area (Å²) in [5.74, 6) is 0.0741. The first-order valence-corrected chi connectivity index (χ1v) is 8.65. The summed E-state index contributed by atoms with van der Waals surface area (Å²) in [6.07, 6.45) is 0.172. The van der Waals surface area contributed by atoms with Crippen molar-refractivity contribution in [1.29, 1.82) is 0 Å². The molecule has 28 heavy (non-hydrogen) atoms.